The van der Waals surface area contributed by atoms with E-state index in [0.29, 0.717) is 12.3 Å². The van der Waals surface area contributed by atoms with Crippen LogP contribution in [0.2, 0.25) is 0 Å². The highest BCUT2D eigenvalue weighted by molar-refractivity contribution is 7.79. The summed E-state index contributed by atoms with van der Waals surface area (Å²) < 4.78 is 0. The molecule has 2 rings (SSSR count). The van der Waals surface area contributed by atoms with Crippen molar-refractivity contribution < 1.29 is 9.90 Å². The van der Waals surface area contributed by atoms with Gasteiger partial charge in [0.2, 0.25) is 0 Å². The van der Waals surface area contributed by atoms with Crippen molar-refractivity contribution in [3.05, 3.63) is 77.4 Å². The van der Waals surface area contributed by atoms with Crippen molar-refractivity contribution in [1.82, 2.24) is 4.90 Å². The molecule has 2 aromatic rings. The Morgan fingerprint density at radius 3 is 2.52 bits per heavy atom. The molecule has 0 saturated heterocycles. The number of thiol groups is 1. The van der Waals surface area contributed by atoms with Crippen molar-refractivity contribution in [2.24, 2.45) is 0 Å². The fraction of sp³-hybridized carbons (Fsp3) is 0.190. The summed E-state index contributed by atoms with van der Waals surface area (Å²) >= 11 is 4.35. The Kier molecular flexibility index (Phi) is 7.34. The van der Waals surface area contributed by atoms with E-state index in [-0.39, 0.29) is 6.54 Å². The highest BCUT2D eigenvalue weighted by Gasteiger charge is 2.04. The third-order valence-corrected chi connectivity index (χ3v) is 3.96. The second-order valence-electron chi connectivity index (χ2n) is 5.64. The molecule has 4 heteroatoms. The molecular formula is C21H21NO2S. The molecule has 3 nitrogen and oxygen atoms in total. The SMILES string of the molecule is CN(C/C=C(/C#Cc1ccccc1CS)c1ccccc1)CC(=O)O. The Bertz CT molecular complexity index is 803. The molecule has 0 bridgehead atoms. The molecule has 0 aliphatic heterocycles. The van der Waals surface area contributed by atoms with Gasteiger partial charge in [-0.1, -0.05) is 66.4 Å². The van der Waals surface area contributed by atoms with Crippen LogP contribution in [0.1, 0.15) is 16.7 Å². The molecule has 0 heterocycles. The maximum Gasteiger partial charge on any atom is 0.317 e. The van der Waals surface area contributed by atoms with Crippen LogP contribution in [-0.2, 0) is 10.5 Å². The van der Waals surface area contributed by atoms with Gasteiger partial charge in [-0.3, -0.25) is 9.69 Å². The number of hydrogen-bond acceptors (Lipinski definition) is 3. The number of benzene rings is 2. The molecule has 0 fully saturated rings. The van der Waals surface area contributed by atoms with Gasteiger partial charge in [-0.05, 0) is 24.2 Å². The molecule has 2 aromatic carbocycles. The third-order valence-electron chi connectivity index (χ3n) is 3.62. The zero-order valence-electron chi connectivity index (χ0n) is 14.1. The van der Waals surface area contributed by atoms with Gasteiger partial charge in [-0.25, -0.2) is 0 Å². The quantitative estimate of drug-likeness (QED) is 0.617. The molecule has 0 aliphatic carbocycles. The molecule has 0 spiro atoms. The summed E-state index contributed by atoms with van der Waals surface area (Å²) in [7, 11) is 1.77. The Morgan fingerprint density at radius 2 is 1.84 bits per heavy atom. The van der Waals surface area contributed by atoms with Crippen molar-refractivity contribution in [2.45, 2.75) is 5.75 Å². The smallest absolute Gasteiger partial charge is 0.317 e. The number of rotatable bonds is 6. The van der Waals surface area contributed by atoms with E-state index in [4.69, 9.17) is 5.11 Å². The second-order valence-corrected chi connectivity index (χ2v) is 5.96. The summed E-state index contributed by atoms with van der Waals surface area (Å²) in [6.45, 7) is 0.508. The van der Waals surface area contributed by atoms with E-state index in [9.17, 15) is 4.79 Å². The normalized spacial score (nSPS) is 11.1. The lowest BCUT2D eigenvalue weighted by Gasteiger charge is -2.11. The molecule has 0 saturated carbocycles. The predicted octanol–water partition coefficient (Wildman–Crippen LogP) is 3.57. The van der Waals surface area contributed by atoms with Crippen molar-refractivity contribution in [3.63, 3.8) is 0 Å². The summed E-state index contributed by atoms with van der Waals surface area (Å²) in [4.78, 5) is 12.5. The molecule has 0 aliphatic rings. The van der Waals surface area contributed by atoms with Crippen LogP contribution in [-0.4, -0.2) is 36.1 Å². The molecule has 0 amide bonds. The van der Waals surface area contributed by atoms with Crippen molar-refractivity contribution in [2.75, 3.05) is 20.1 Å². The number of carbonyl (C=O) groups is 1. The summed E-state index contributed by atoms with van der Waals surface area (Å²) in [6, 6.07) is 17.8. The van der Waals surface area contributed by atoms with Crippen LogP contribution in [0.3, 0.4) is 0 Å². The average molecular weight is 351 g/mol. The third kappa shape index (κ3) is 6.15. The van der Waals surface area contributed by atoms with E-state index >= 15 is 0 Å². The minimum absolute atomic E-state index is 0.00547. The highest BCUT2D eigenvalue weighted by Crippen LogP contribution is 2.15. The maximum absolute atomic E-state index is 10.8. The van der Waals surface area contributed by atoms with E-state index in [0.717, 1.165) is 22.3 Å². The van der Waals surface area contributed by atoms with Crippen LogP contribution in [0.15, 0.2) is 60.7 Å². The zero-order valence-corrected chi connectivity index (χ0v) is 15.0. The maximum atomic E-state index is 10.8. The number of carboxylic acids is 1. The lowest BCUT2D eigenvalue weighted by Crippen LogP contribution is -2.25. The van der Waals surface area contributed by atoms with Crippen LogP contribution >= 0.6 is 12.6 Å². The van der Waals surface area contributed by atoms with Gasteiger partial charge >= 0.3 is 5.97 Å². The van der Waals surface area contributed by atoms with Crippen molar-refractivity contribution in [3.8, 4) is 11.8 Å². The molecule has 0 radical (unpaired) electrons. The number of hydrogen-bond donors (Lipinski definition) is 2. The number of aliphatic carboxylic acids is 1. The fourth-order valence-electron chi connectivity index (χ4n) is 2.32. The summed E-state index contributed by atoms with van der Waals surface area (Å²) in [6.07, 6.45) is 1.97. The Morgan fingerprint density at radius 1 is 1.16 bits per heavy atom. The summed E-state index contributed by atoms with van der Waals surface area (Å²) in [5.41, 5.74) is 3.95. The minimum atomic E-state index is -0.842. The van der Waals surface area contributed by atoms with Gasteiger partial charge in [0, 0.05) is 23.4 Å². The zero-order chi connectivity index (χ0) is 18.1. The van der Waals surface area contributed by atoms with E-state index in [1.165, 1.54) is 0 Å². The van der Waals surface area contributed by atoms with E-state index in [1.807, 2.05) is 60.7 Å². The standard InChI is InChI=1S/C21H21NO2S/c1-22(15-21(23)24)14-13-19(17-7-3-2-4-8-17)12-11-18-9-5-6-10-20(18)16-25/h2-10,13,25H,14-16H2,1H3,(H,23,24)/b19-13-. The first-order valence-corrected chi connectivity index (χ1v) is 8.60. The van der Waals surface area contributed by atoms with E-state index in [2.05, 4.69) is 24.5 Å². The Hall–Kier alpha value is -2.48. The molecule has 0 unspecified atom stereocenters. The predicted molar refractivity (Wildman–Crippen MR) is 106 cm³/mol. The van der Waals surface area contributed by atoms with Crippen LogP contribution in [0, 0.1) is 11.8 Å². The van der Waals surface area contributed by atoms with Crippen LogP contribution < -0.4 is 0 Å². The van der Waals surface area contributed by atoms with Gasteiger partial charge in [-0.2, -0.15) is 12.6 Å². The largest absolute Gasteiger partial charge is 0.480 e. The van der Waals surface area contributed by atoms with Crippen LogP contribution in [0.25, 0.3) is 5.57 Å². The lowest BCUT2D eigenvalue weighted by atomic mass is 10.0. The molecule has 0 aromatic heterocycles. The minimum Gasteiger partial charge on any atom is -0.480 e. The van der Waals surface area contributed by atoms with E-state index < -0.39 is 5.97 Å². The van der Waals surface area contributed by atoms with Gasteiger partial charge in [0.25, 0.3) is 0 Å². The monoisotopic (exact) mass is 351 g/mol. The Labute approximate surface area is 154 Å². The number of likely N-dealkylation sites (N-methyl/N-ethyl adjacent to an activating group) is 1. The molecule has 128 valence electrons. The fourth-order valence-corrected chi connectivity index (χ4v) is 2.59. The van der Waals surface area contributed by atoms with Gasteiger partial charge in [0.15, 0.2) is 0 Å². The summed E-state index contributed by atoms with van der Waals surface area (Å²) in [5, 5.41) is 8.88. The van der Waals surface area contributed by atoms with Crippen LogP contribution in [0.4, 0.5) is 0 Å². The van der Waals surface area contributed by atoms with Gasteiger partial charge in [0.1, 0.15) is 0 Å². The first-order chi connectivity index (χ1) is 12.1. The van der Waals surface area contributed by atoms with Gasteiger partial charge < -0.3 is 5.11 Å². The number of nitrogens with zero attached hydrogens (tertiary/aromatic N) is 1. The summed E-state index contributed by atoms with van der Waals surface area (Å²) in [5.74, 6) is 6.26. The molecule has 0 atom stereocenters. The van der Waals surface area contributed by atoms with Crippen molar-refractivity contribution in [1.29, 1.82) is 0 Å². The number of allylic oxidation sites excluding steroid dienone is 1. The van der Waals surface area contributed by atoms with Gasteiger partial charge in [-0.15, -0.1) is 0 Å². The topological polar surface area (TPSA) is 40.5 Å². The second kappa shape index (κ2) is 9.73. The first-order valence-electron chi connectivity index (χ1n) is 7.97. The lowest BCUT2D eigenvalue weighted by molar-refractivity contribution is -0.137. The first kappa shape index (κ1) is 18.9. The highest BCUT2D eigenvalue weighted by atomic mass is 32.1. The Balaban J connectivity index is 2.30. The molecular weight excluding hydrogens is 330 g/mol. The van der Waals surface area contributed by atoms with Crippen LogP contribution in [0.5, 0.6) is 0 Å². The van der Waals surface area contributed by atoms with Crippen molar-refractivity contribution >= 4 is 24.2 Å². The van der Waals surface area contributed by atoms with Gasteiger partial charge in [0.05, 0.1) is 6.54 Å². The molecule has 1 N–H and O–H groups in total. The number of carboxylic acid groups (broad SMARTS) is 1. The average Bonchev–Trinajstić information content (AvgIpc) is 2.62. The van der Waals surface area contributed by atoms with E-state index in [1.54, 1.807) is 11.9 Å². The molecule has 25 heavy (non-hydrogen) atoms.